The third-order valence-electron chi connectivity index (χ3n) is 15.2. The Kier molecular flexibility index (Phi) is 12.0. The molecule has 7 aliphatic rings. The van der Waals surface area contributed by atoms with Crippen molar-refractivity contribution in [2.24, 2.45) is 11.3 Å². The fourth-order valence-corrected chi connectivity index (χ4v) is 11.1. The number of amides is 5. The molecular formula is C53H56FN9O6. The molecule has 3 atom stereocenters. The molecular weight excluding hydrogens is 878 g/mol. The number of fused-ring (bicyclic) bond motifs is 4. The SMILES string of the molecule is O=C1CCC(N2Cc3c(NCCCN4CC5CC(C4)N5CC4CCN(c5ccc6c(Oc7ccc(NC(=O)C8(C(=O)Nc9ccc(F)cc9)CC8)cc7)ccnc6c5)CC4)cccc3C2=O)C(=O)N1. The minimum absolute atomic E-state index is 0.149. The molecule has 12 rings (SSSR count). The van der Waals surface area contributed by atoms with Gasteiger partial charge in [0, 0.05) is 110 Å². The van der Waals surface area contributed by atoms with Crippen molar-refractivity contribution in [3.8, 4) is 11.5 Å². The summed E-state index contributed by atoms with van der Waals surface area (Å²) >= 11 is 0. The fraction of sp³-hybridized carbons (Fsp3) is 0.396. The van der Waals surface area contributed by atoms with Gasteiger partial charge in [-0.15, -0.1) is 0 Å². The Morgan fingerprint density at radius 1 is 0.855 bits per heavy atom. The second-order valence-electron chi connectivity index (χ2n) is 19.6. The number of carbonyl (C=O) groups excluding carboxylic acids is 5. The minimum Gasteiger partial charge on any atom is -0.457 e. The number of carbonyl (C=O) groups is 5. The van der Waals surface area contributed by atoms with Crippen molar-refractivity contribution in [2.75, 3.05) is 66.7 Å². The number of hydrogen-bond donors (Lipinski definition) is 4. The lowest BCUT2D eigenvalue weighted by molar-refractivity contribution is -0.137. The Labute approximate surface area is 399 Å². The van der Waals surface area contributed by atoms with Gasteiger partial charge in [-0.05, 0) is 142 Å². The number of aromatic nitrogens is 1. The first-order chi connectivity index (χ1) is 33.6. The van der Waals surface area contributed by atoms with Crippen LogP contribution >= 0.6 is 0 Å². The third-order valence-corrected chi connectivity index (χ3v) is 15.2. The van der Waals surface area contributed by atoms with Gasteiger partial charge < -0.3 is 35.4 Å². The summed E-state index contributed by atoms with van der Waals surface area (Å²) in [4.78, 5) is 77.8. The van der Waals surface area contributed by atoms with Crippen molar-refractivity contribution >= 4 is 63.2 Å². The lowest BCUT2D eigenvalue weighted by atomic mass is 9.84. The van der Waals surface area contributed by atoms with Gasteiger partial charge in [0.25, 0.3) is 5.91 Å². The van der Waals surface area contributed by atoms with Crippen molar-refractivity contribution in [3.63, 3.8) is 0 Å². The molecule has 5 amide bonds. The van der Waals surface area contributed by atoms with Gasteiger partial charge in [-0.2, -0.15) is 0 Å². The minimum atomic E-state index is -1.15. The van der Waals surface area contributed by atoms with Crippen LogP contribution in [0.5, 0.6) is 11.5 Å². The van der Waals surface area contributed by atoms with E-state index in [1.165, 1.54) is 30.7 Å². The molecule has 69 heavy (non-hydrogen) atoms. The molecule has 4 aromatic carbocycles. The van der Waals surface area contributed by atoms with E-state index in [1.54, 1.807) is 35.4 Å². The molecule has 5 saturated heterocycles. The van der Waals surface area contributed by atoms with Gasteiger partial charge in [0.2, 0.25) is 23.6 Å². The van der Waals surface area contributed by atoms with E-state index in [2.05, 4.69) is 54.2 Å². The van der Waals surface area contributed by atoms with E-state index >= 15 is 0 Å². The largest absolute Gasteiger partial charge is 0.457 e. The van der Waals surface area contributed by atoms with Gasteiger partial charge in [-0.25, -0.2) is 4.39 Å². The quantitative estimate of drug-likeness (QED) is 0.0498. The molecule has 1 aliphatic carbocycles. The number of halogens is 1. The first-order valence-corrected chi connectivity index (χ1v) is 24.4. The summed E-state index contributed by atoms with van der Waals surface area (Å²) in [5.41, 5.74) is 4.36. The lowest BCUT2D eigenvalue weighted by Gasteiger charge is -2.57. The summed E-state index contributed by atoms with van der Waals surface area (Å²) in [5, 5.41) is 12.5. The summed E-state index contributed by atoms with van der Waals surface area (Å²) in [6.45, 7) is 7.58. The summed E-state index contributed by atoms with van der Waals surface area (Å²) in [7, 11) is 0. The number of pyridine rings is 1. The van der Waals surface area contributed by atoms with Crippen LogP contribution in [0.25, 0.3) is 10.9 Å². The van der Waals surface area contributed by atoms with E-state index in [0.717, 1.165) is 92.9 Å². The van der Waals surface area contributed by atoms with Crippen LogP contribution in [0.2, 0.25) is 0 Å². The van der Waals surface area contributed by atoms with Crippen molar-refractivity contribution < 1.29 is 33.1 Å². The number of piperidine rings is 3. The standard InChI is InChI=1S/C53H56FN9O6/c54-34-5-7-35(8-6-34)57-51(67)53(20-21-53)52(68)58-36-9-12-40(13-10-36)69-47-17-23-56-45-28-37(11-14-42(45)47)61-25-18-33(19-26-61)29-62-38-27-39(62)31-60(30-38)24-2-22-55-44-4-1-3-41-43(44)32-63(50(41)66)46-15-16-48(64)59-49(46)65/h1,3-14,17,23,28,33,38-39,46,55H,2,15-16,18-22,24-27,29-32H2,(H,57,67)(H,58,68)(H,59,64,65). The van der Waals surface area contributed by atoms with Gasteiger partial charge in [0.15, 0.2) is 0 Å². The van der Waals surface area contributed by atoms with Gasteiger partial charge in [-0.3, -0.25) is 39.2 Å². The molecule has 356 valence electrons. The predicted molar refractivity (Wildman–Crippen MR) is 259 cm³/mol. The van der Waals surface area contributed by atoms with Crippen molar-refractivity contribution in [3.05, 3.63) is 114 Å². The molecule has 1 aromatic heterocycles. The topological polar surface area (TPSA) is 169 Å². The first-order valence-electron chi connectivity index (χ1n) is 24.4. The lowest BCUT2D eigenvalue weighted by Crippen LogP contribution is -2.69. The Balaban J connectivity index is 0.615. The number of hydrogen-bond acceptors (Lipinski definition) is 11. The average Bonchev–Trinajstić information content (AvgIpc) is 4.12. The van der Waals surface area contributed by atoms with Gasteiger partial charge in [-0.1, -0.05) is 6.07 Å². The maximum absolute atomic E-state index is 13.3. The fourth-order valence-electron chi connectivity index (χ4n) is 11.1. The first kappa shape index (κ1) is 44.6. The number of nitrogens with zero attached hydrogens (tertiary/aromatic N) is 5. The highest BCUT2D eigenvalue weighted by Gasteiger charge is 2.56. The molecule has 6 fully saturated rings. The second-order valence-corrected chi connectivity index (χ2v) is 19.6. The zero-order valence-corrected chi connectivity index (χ0v) is 38.4. The number of imide groups is 1. The molecule has 0 spiro atoms. The van der Waals surface area contributed by atoms with Crippen LogP contribution in [-0.4, -0.2) is 113 Å². The highest BCUT2D eigenvalue weighted by molar-refractivity contribution is 6.17. The average molecular weight is 934 g/mol. The smallest absolute Gasteiger partial charge is 0.255 e. The molecule has 3 unspecified atom stereocenters. The van der Waals surface area contributed by atoms with Crippen LogP contribution < -0.4 is 30.9 Å². The highest BCUT2D eigenvalue weighted by atomic mass is 19.1. The van der Waals surface area contributed by atoms with Crippen LogP contribution in [-0.2, 0) is 25.7 Å². The Bertz CT molecular complexity index is 2800. The summed E-state index contributed by atoms with van der Waals surface area (Å²) < 4.78 is 19.6. The normalized spacial score (nSPS) is 22.2. The van der Waals surface area contributed by atoms with E-state index in [4.69, 9.17) is 9.72 Å². The summed E-state index contributed by atoms with van der Waals surface area (Å²) in [5.74, 6) is -0.0443. The van der Waals surface area contributed by atoms with Crippen LogP contribution in [0, 0.1) is 17.2 Å². The third kappa shape index (κ3) is 9.10. The monoisotopic (exact) mass is 933 g/mol. The summed E-state index contributed by atoms with van der Waals surface area (Å²) in [6.07, 6.45) is 7.82. The molecule has 2 bridgehead atoms. The molecule has 1 saturated carbocycles. The van der Waals surface area contributed by atoms with E-state index in [0.29, 0.717) is 72.2 Å². The number of anilines is 4. The van der Waals surface area contributed by atoms with Crippen molar-refractivity contribution in [1.82, 2.24) is 25.0 Å². The zero-order chi connectivity index (χ0) is 47.2. The second kappa shape index (κ2) is 18.5. The Hall–Kier alpha value is -6.91. The Morgan fingerprint density at radius 2 is 1.58 bits per heavy atom. The molecule has 7 heterocycles. The molecule has 6 aliphatic heterocycles. The summed E-state index contributed by atoms with van der Waals surface area (Å²) in [6, 6.07) is 27.1. The number of nitrogens with one attached hydrogen (secondary N) is 4. The number of piperazine rings is 1. The van der Waals surface area contributed by atoms with E-state index in [-0.39, 0.29) is 24.1 Å². The van der Waals surface area contributed by atoms with Crippen LogP contribution in [0.15, 0.2) is 97.2 Å². The van der Waals surface area contributed by atoms with E-state index < -0.39 is 29.1 Å². The number of rotatable bonds is 15. The van der Waals surface area contributed by atoms with E-state index in [9.17, 15) is 28.4 Å². The van der Waals surface area contributed by atoms with Crippen LogP contribution in [0.1, 0.15) is 67.3 Å². The maximum Gasteiger partial charge on any atom is 0.255 e. The van der Waals surface area contributed by atoms with Crippen LogP contribution in [0.4, 0.5) is 27.1 Å². The zero-order valence-electron chi connectivity index (χ0n) is 38.4. The van der Waals surface area contributed by atoms with Crippen molar-refractivity contribution in [2.45, 2.75) is 76.0 Å². The predicted octanol–water partition coefficient (Wildman–Crippen LogP) is 6.76. The molecule has 16 heteroatoms. The van der Waals surface area contributed by atoms with E-state index in [1.807, 2.05) is 24.3 Å². The van der Waals surface area contributed by atoms with Gasteiger partial charge in [0.1, 0.15) is 28.8 Å². The molecule has 5 aromatic rings. The molecule has 15 nitrogen and oxygen atoms in total. The van der Waals surface area contributed by atoms with Gasteiger partial charge in [0.05, 0.1) is 5.52 Å². The maximum atomic E-state index is 13.3. The highest BCUT2D eigenvalue weighted by Crippen LogP contribution is 2.48. The van der Waals surface area contributed by atoms with Crippen molar-refractivity contribution in [1.29, 1.82) is 0 Å². The number of benzene rings is 4. The van der Waals surface area contributed by atoms with Crippen LogP contribution in [0.3, 0.4) is 0 Å². The number of ether oxygens (including phenoxy) is 1. The molecule has 0 radical (unpaired) electrons. The molecule has 4 N–H and O–H groups in total. The van der Waals surface area contributed by atoms with Gasteiger partial charge >= 0.3 is 0 Å². The Morgan fingerprint density at radius 3 is 2.29 bits per heavy atom.